The van der Waals surface area contributed by atoms with Crippen LogP contribution in [-0.2, 0) is 4.79 Å². The van der Waals surface area contributed by atoms with E-state index < -0.39 is 12.1 Å². The molecule has 0 saturated heterocycles. The van der Waals surface area contributed by atoms with Crippen molar-refractivity contribution in [3.05, 3.63) is 54.6 Å². The Bertz CT molecular complexity index is 627. The highest BCUT2D eigenvalue weighted by Crippen LogP contribution is 2.22. The van der Waals surface area contributed by atoms with E-state index in [1.807, 2.05) is 51.1 Å². The van der Waals surface area contributed by atoms with Crippen LogP contribution in [0.5, 0.6) is 17.2 Å². The highest BCUT2D eigenvalue weighted by atomic mass is 16.6. The van der Waals surface area contributed by atoms with Crippen molar-refractivity contribution >= 4 is 5.97 Å². The van der Waals surface area contributed by atoms with Gasteiger partial charge in [-0.2, -0.15) is 0 Å². The summed E-state index contributed by atoms with van der Waals surface area (Å²) in [5.74, 6) is 1.40. The number of hydrogen-bond acceptors (Lipinski definition) is 4. The minimum atomic E-state index is -0.704. The molecule has 4 heteroatoms. The van der Waals surface area contributed by atoms with E-state index in [1.165, 1.54) is 0 Å². The van der Waals surface area contributed by atoms with Gasteiger partial charge in [0.15, 0.2) is 6.10 Å². The topological polar surface area (TPSA) is 44.8 Å². The van der Waals surface area contributed by atoms with Gasteiger partial charge in [-0.1, -0.05) is 18.2 Å². The van der Waals surface area contributed by atoms with Crippen molar-refractivity contribution in [3.63, 3.8) is 0 Å². The number of carbonyl (C=O) groups is 1. The highest BCUT2D eigenvalue weighted by Gasteiger charge is 2.17. The molecule has 0 saturated carbocycles. The van der Waals surface area contributed by atoms with Crippen molar-refractivity contribution in [2.45, 2.75) is 39.4 Å². The lowest BCUT2D eigenvalue weighted by Gasteiger charge is -2.21. The lowest BCUT2D eigenvalue weighted by Crippen LogP contribution is -2.28. The van der Waals surface area contributed by atoms with Crippen LogP contribution in [0.1, 0.15) is 27.7 Å². The molecule has 122 valence electrons. The van der Waals surface area contributed by atoms with Crippen molar-refractivity contribution in [2.24, 2.45) is 0 Å². The molecule has 1 atom stereocenters. The number of carbonyl (C=O) groups excluding carboxylic acids is 1. The average Bonchev–Trinajstić information content (AvgIpc) is 2.48. The van der Waals surface area contributed by atoms with Crippen molar-refractivity contribution in [3.8, 4) is 17.2 Å². The second-order valence-electron chi connectivity index (χ2n) is 6.18. The van der Waals surface area contributed by atoms with E-state index in [0.717, 1.165) is 5.75 Å². The first-order chi connectivity index (χ1) is 10.8. The van der Waals surface area contributed by atoms with Crippen LogP contribution in [-0.4, -0.2) is 17.7 Å². The maximum atomic E-state index is 12.0. The molecule has 4 nitrogen and oxygen atoms in total. The van der Waals surface area contributed by atoms with Crippen LogP contribution < -0.4 is 14.2 Å². The Labute approximate surface area is 137 Å². The first-order valence-corrected chi connectivity index (χ1v) is 7.56. The SMILES string of the molecule is C[C@@H](Oc1ccc(OC(C)(C)C)cc1)C(=O)Oc1ccccc1. The van der Waals surface area contributed by atoms with E-state index in [0.29, 0.717) is 11.5 Å². The fourth-order valence-corrected chi connectivity index (χ4v) is 1.88. The third kappa shape index (κ3) is 5.66. The van der Waals surface area contributed by atoms with E-state index in [2.05, 4.69) is 0 Å². The molecule has 0 amide bonds. The number of hydrogen-bond donors (Lipinski definition) is 0. The van der Waals surface area contributed by atoms with Crippen molar-refractivity contribution in [1.29, 1.82) is 0 Å². The number of benzene rings is 2. The molecule has 0 bridgehead atoms. The molecule has 0 N–H and O–H groups in total. The van der Waals surface area contributed by atoms with Gasteiger partial charge in [0.05, 0.1) is 0 Å². The molecule has 23 heavy (non-hydrogen) atoms. The molecule has 0 aromatic heterocycles. The smallest absolute Gasteiger partial charge is 0.352 e. The zero-order valence-corrected chi connectivity index (χ0v) is 13.9. The lowest BCUT2D eigenvalue weighted by atomic mass is 10.2. The fourth-order valence-electron chi connectivity index (χ4n) is 1.88. The summed E-state index contributed by atoms with van der Waals surface area (Å²) >= 11 is 0. The van der Waals surface area contributed by atoms with Crippen LogP contribution in [0, 0.1) is 0 Å². The summed E-state index contributed by atoms with van der Waals surface area (Å²) in [6, 6.07) is 16.1. The first-order valence-electron chi connectivity index (χ1n) is 7.56. The van der Waals surface area contributed by atoms with Crippen LogP contribution in [0.3, 0.4) is 0 Å². The maximum absolute atomic E-state index is 12.0. The van der Waals surface area contributed by atoms with Crippen molar-refractivity contribution in [1.82, 2.24) is 0 Å². The third-order valence-electron chi connectivity index (χ3n) is 2.85. The Hall–Kier alpha value is -2.49. The zero-order chi connectivity index (χ0) is 16.9. The van der Waals surface area contributed by atoms with Crippen LogP contribution in [0.2, 0.25) is 0 Å². The number of para-hydroxylation sites is 1. The fraction of sp³-hybridized carbons (Fsp3) is 0.316. The second kappa shape index (κ2) is 7.18. The predicted molar refractivity (Wildman–Crippen MR) is 89.0 cm³/mol. The molecular weight excluding hydrogens is 292 g/mol. The van der Waals surface area contributed by atoms with Crippen molar-refractivity contribution < 1.29 is 19.0 Å². The normalized spacial score (nSPS) is 12.3. The molecule has 0 fully saturated rings. The van der Waals surface area contributed by atoms with Gasteiger partial charge in [0.1, 0.15) is 22.8 Å². The minimum absolute atomic E-state index is 0.255. The van der Waals surface area contributed by atoms with Gasteiger partial charge >= 0.3 is 5.97 Å². The Morgan fingerprint density at radius 2 is 1.43 bits per heavy atom. The van der Waals surface area contributed by atoms with Gasteiger partial charge in [0.2, 0.25) is 0 Å². The van der Waals surface area contributed by atoms with Gasteiger partial charge in [-0.05, 0) is 64.1 Å². The van der Waals surface area contributed by atoms with E-state index in [4.69, 9.17) is 14.2 Å². The molecule has 2 aromatic rings. The molecule has 2 aromatic carbocycles. The van der Waals surface area contributed by atoms with Gasteiger partial charge in [0, 0.05) is 0 Å². The summed E-state index contributed by atoms with van der Waals surface area (Å²) < 4.78 is 16.6. The second-order valence-corrected chi connectivity index (χ2v) is 6.18. The van der Waals surface area contributed by atoms with Gasteiger partial charge < -0.3 is 14.2 Å². The Morgan fingerprint density at radius 3 is 2.00 bits per heavy atom. The molecule has 0 aliphatic heterocycles. The van der Waals surface area contributed by atoms with E-state index in [1.54, 1.807) is 31.2 Å². The number of ether oxygens (including phenoxy) is 3. The molecule has 0 heterocycles. The molecule has 2 rings (SSSR count). The van der Waals surface area contributed by atoms with E-state index in [-0.39, 0.29) is 5.60 Å². The zero-order valence-electron chi connectivity index (χ0n) is 13.9. The quantitative estimate of drug-likeness (QED) is 0.612. The largest absolute Gasteiger partial charge is 0.488 e. The third-order valence-corrected chi connectivity index (χ3v) is 2.85. The van der Waals surface area contributed by atoms with E-state index >= 15 is 0 Å². The average molecular weight is 314 g/mol. The minimum Gasteiger partial charge on any atom is -0.488 e. The predicted octanol–water partition coefficient (Wildman–Crippen LogP) is 4.24. The van der Waals surface area contributed by atoms with Gasteiger partial charge in [0.25, 0.3) is 0 Å². The van der Waals surface area contributed by atoms with Crippen LogP contribution in [0.15, 0.2) is 54.6 Å². The molecule has 0 radical (unpaired) electrons. The first kappa shape index (κ1) is 16.9. The molecule has 0 unspecified atom stereocenters. The van der Waals surface area contributed by atoms with Crippen LogP contribution in [0.4, 0.5) is 0 Å². The molecule has 0 aliphatic carbocycles. The maximum Gasteiger partial charge on any atom is 0.352 e. The molecule has 0 spiro atoms. The number of esters is 1. The standard InChI is InChI=1S/C19H22O4/c1-14(18(20)22-15-8-6-5-7-9-15)21-16-10-12-17(13-11-16)23-19(2,3)4/h5-14H,1-4H3/t14-/m1/s1. The molecular formula is C19H22O4. The van der Waals surface area contributed by atoms with Gasteiger partial charge in [-0.15, -0.1) is 0 Å². The van der Waals surface area contributed by atoms with Gasteiger partial charge in [-0.3, -0.25) is 0 Å². The molecule has 0 aliphatic rings. The van der Waals surface area contributed by atoms with Crippen LogP contribution in [0.25, 0.3) is 0 Å². The lowest BCUT2D eigenvalue weighted by molar-refractivity contribution is -0.141. The van der Waals surface area contributed by atoms with Crippen molar-refractivity contribution in [2.75, 3.05) is 0 Å². The highest BCUT2D eigenvalue weighted by molar-refractivity contribution is 5.77. The summed E-state index contributed by atoms with van der Waals surface area (Å²) in [5.41, 5.74) is -0.255. The summed E-state index contributed by atoms with van der Waals surface area (Å²) in [7, 11) is 0. The van der Waals surface area contributed by atoms with Gasteiger partial charge in [-0.25, -0.2) is 4.79 Å². The summed E-state index contributed by atoms with van der Waals surface area (Å²) in [4.78, 5) is 12.0. The number of rotatable bonds is 5. The Balaban J connectivity index is 1.92. The summed E-state index contributed by atoms with van der Waals surface area (Å²) in [6.45, 7) is 7.61. The monoisotopic (exact) mass is 314 g/mol. The van der Waals surface area contributed by atoms with Crippen LogP contribution >= 0.6 is 0 Å². The Kier molecular flexibility index (Phi) is 5.27. The van der Waals surface area contributed by atoms with E-state index in [9.17, 15) is 4.79 Å². The summed E-state index contributed by atoms with van der Waals surface area (Å²) in [6.07, 6.45) is -0.704. The Morgan fingerprint density at radius 1 is 0.870 bits per heavy atom. The summed E-state index contributed by atoms with van der Waals surface area (Å²) in [5, 5.41) is 0.